The second-order valence-electron chi connectivity index (χ2n) is 9.55. The van der Waals surface area contributed by atoms with Gasteiger partial charge in [-0.15, -0.1) is 0 Å². The minimum Gasteiger partial charge on any atom is -0.369 e. The fourth-order valence-corrected chi connectivity index (χ4v) is 4.12. The Morgan fingerprint density at radius 1 is 1.03 bits per heavy atom. The van der Waals surface area contributed by atoms with Crippen molar-refractivity contribution in [2.24, 2.45) is 16.6 Å². The Bertz CT molecular complexity index is 993. The second-order valence-corrected chi connectivity index (χ2v) is 9.55. The Morgan fingerprint density at radius 3 is 2.19 bits per heavy atom. The summed E-state index contributed by atoms with van der Waals surface area (Å²) in [6, 6.07) is 15.6. The molecular weight excluding hydrogens is 400 g/mol. The minimum atomic E-state index is -0.788. The van der Waals surface area contributed by atoms with E-state index in [1.54, 1.807) is 4.90 Å². The highest BCUT2D eigenvalue weighted by Gasteiger charge is 2.43. The van der Waals surface area contributed by atoms with Crippen LogP contribution in [0.5, 0.6) is 0 Å². The number of nitrogens with one attached hydrogen (secondary N) is 1. The van der Waals surface area contributed by atoms with Gasteiger partial charge in [-0.1, -0.05) is 64.1 Å². The Morgan fingerprint density at radius 2 is 1.62 bits per heavy atom. The van der Waals surface area contributed by atoms with E-state index in [9.17, 15) is 9.59 Å². The lowest BCUT2D eigenvalue weighted by atomic mass is 9.91. The number of aliphatic imine (C=N–C) groups is 1. The normalized spacial score (nSPS) is 18.4. The highest BCUT2D eigenvalue weighted by atomic mass is 16.2. The number of carbonyl (C=O) groups is 2. The lowest BCUT2D eigenvalue weighted by Crippen LogP contribution is -2.43. The molecule has 1 heterocycles. The van der Waals surface area contributed by atoms with E-state index in [0.29, 0.717) is 24.8 Å². The Labute approximate surface area is 190 Å². The van der Waals surface area contributed by atoms with Gasteiger partial charge in [0.1, 0.15) is 5.54 Å². The molecule has 1 aliphatic heterocycles. The molecule has 0 aliphatic carbocycles. The number of hydrogen-bond donors (Lipinski definition) is 2. The van der Waals surface area contributed by atoms with Gasteiger partial charge >= 0.3 is 0 Å². The van der Waals surface area contributed by atoms with Crippen molar-refractivity contribution in [3.63, 3.8) is 0 Å². The third kappa shape index (κ3) is 5.55. The topological polar surface area (TPSA) is 87.8 Å². The number of nitrogens with zero attached hydrogens (tertiary/aromatic N) is 2. The standard InChI is InChI=1S/C26H34N4O2/c1-17(2)15-26(5)24(32)30(25(27)29-26)16-20-8-6-19(7-9-20)14-23(31)28-22-12-10-21(11-13-22)18(3)4/h6-13,17-18H,14-16H2,1-5H3,(H2,27,29)(H,28,31). The molecule has 2 aromatic rings. The summed E-state index contributed by atoms with van der Waals surface area (Å²) in [5, 5.41) is 2.94. The zero-order valence-corrected chi connectivity index (χ0v) is 19.7. The lowest BCUT2D eigenvalue weighted by Gasteiger charge is -2.23. The van der Waals surface area contributed by atoms with E-state index >= 15 is 0 Å². The van der Waals surface area contributed by atoms with Crippen LogP contribution in [0.2, 0.25) is 0 Å². The van der Waals surface area contributed by atoms with Gasteiger partial charge in [-0.3, -0.25) is 14.5 Å². The molecule has 6 heteroatoms. The van der Waals surface area contributed by atoms with Gasteiger partial charge in [0.2, 0.25) is 5.91 Å². The zero-order valence-electron chi connectivity index (χ0n) is 19.7. The molecule has 2 amide bonds. The summed E-state index contributed by atoms with van der Waals surface area (Å²) in [4.78, 5) is 31.3. The van der Waals surface area contributed by atoms with Gasteiger partial charge in [0, 0.05) is 5.69 Å². The third-order valence-corrected chi connectivity index (χ3v) is 5.74. The van der Waals surface area contributed by atoms with Crippen LogP contribution in [-0.2, 0) is 22.6 Å². The van der Waals surface area contributed by atoms with E-state index in [0.717, 1.165) is 16.8 Å². The van der Waals surface area contributed by atoms with Crippen molar-refractivity contribution in [3.05, 3.63) is 65.2 Å². The van der Waals surface area contributed by atoms with Gasteiger partial charge in [-0.05, 0) is 54.0 Å². The van der Waals surface area contributed by atoms with E-state index in [4.69, 9.17) is 5.73 Å². The number of rotatable bonds is 8. The average Bonchev–Trinajstić information content (AvgIpc) is 2.91. The van der Waals surface area contributed by atoms with Crippen molar-refractivity contribution in [2.75, 3.05) is 5.32 Å². The van der Waals surface area contributed by atoms with Gasteiger partial charge in [-0.2, -0.15) is 0 Å². The Kier molecular flexibility index (Phi) is 7.02. The van der Waals surface area contributed by atoms with Crippen molar-refractivity contribution in [3.8, 4) is 0 Å². The molecule has 32 heavy (non-hydrogen) atoms. The fraction of sp³-hybridized carbons (Fsp3) is 0.423. The van der Waals surface area contributed by atoms with Crippen LogP contribution in [0.25, 0.3) is 0 Å². The number of anilines is 1. The number of nitrogens with two attached hydrogens (primary N) is 1. The van der Waals surface area contributed by atoms with E-state index < -0.39 is 5.54 Å². The molecule has 0 spiro atoms. The van der Waals surface area contributed by atoms with E-state index in [1.807, 2.05) is 55.5 Å². The summed E-state index contributed by atoms with van der Waals surface area (Å²) in [6.07, 6.45) is 0.947. The zero-order chi connectivity index (χ0) is 23.5. The summed E-state index contributed by atoms with van der Waals surface area (Å²) in [5.74, 6) is 0.949. The molecule has 0 aromatic heterocycles. The fourth-order valence-electron chi connectivity index (χ4n) is 4.12. The predicted octanol–water partition coefficient (Wildman–Crippen LogP) is 4.45. The summed E-state index contributed by atoms with van der Waals surface area (Å²) in [7, 11) is 0. The largest absolute Gasteiger partial charge is 0.369 e. The molecule has 3 rings (SSSR count). The van der Waals surface area contributed by atoms with Gasteiger partial charge in [0.05, 0.1) is 13.0 Å². The van der Waals surface area contributed by atoms with Crippen LogP contribution in [0.15, 0.2) is 53.5 Å². The first kappa shape index (κ1) is 23.5. The van der Waals surface area contributed by atoms with Gasteiger partial charge in [-0.25, -0.2) is 4.99 Å². The molecule has 0 saturated carbocycles. The number of amides is 2. The molecule has 0 bridgehead atoms. The van der Waals surface area contributed by atoms with Crippen LogP contribution in [0, 0.1) is 5.92 Å². The first-order valence-electron chi connectivity index (χ1n) is 11.2. The van der Waals surface area contributed by atoms with Crippen molar-refractivity contribution < 1.29 is 9.59 Å². The predicted molar refractivity (Wildman–Crippen MR) is 129 cm³/mol. The molecule has 3 N–H and O–H groups in total. The molecule has 170 valence electrons. The number of hydrogen-bond acceptors (Lipinski definition) is 4. The highest BCUT2D eigenvalue weighted by Crippen LogP contribution is 2.29. The summed E-state index contributed by atoms with van der Waals surface area (Å²) in [5.41, 5.74) is 9.16. The molecule has 1 unspecified atom stereocenters. The van der Waals surface area contributed by atoms with Crippen LogP contribution >= 0.6 is 0 Å². The van der Waals surface area contributed by atoms with Gasteiger partial charge in [0.25, 0.3) is 5.91 Å². The molecule has 1 aliphatic rings. The molecule has 0 saturated heterocycles. The molecule has 1 atom stereocenters. The number of benzene rings is 2. The molecule has 0 radical (unpaired) electrons. The summed E-state index contributed by atoms with van der Waals surface area (Å²) >= 11 is 0. The SMILES string of the molecule is CC(C)CC1(C)N=C(N)N(Cc2ccc(CC(=O)Nc3ccc(C(C)C)cc3)cc2)C1=O. The van der Waals surface area contributed by atoms with Crippen LogP contribution in [0.4, 0.5) is 5.69 Å². The first-order valence-corrected chi connectivity index (χ1v) is 11.2. The highest BCUT2D eigenvalue weighted by molar-refractivity contribution is 6.06. The monoisotopic (exact) mass is 434 g/mol. The third-order valence-electron chi connectivity index (χ3n) is 5.74. The minimum absolute atomic E-state index is 0.0596. The molecule has 6 nitrogen and oxygen atoms in total. The van der Waals surface area contributed by atoms with E-state index in [-0.39, 0.29) is 24.2 Å². The van der Waals surface area contributed by atoms with Gasteiger partial charge < -0.3 is 11.1 Å². The van der Waals surface area contributed by atoms with Gasteiger partial charge in [0.15, 0.2) is 5.96 Å². The smallest absolute Gasteiger partial charge is 0.257 e. The van der Waals surface area contributed by atoms with E-state index in [1.165, 1.54) is 5.56 Å². The maximum Gasteiger partial charge on any atom is 0.257 e. The molecule has 0 fully saturated rings. The first-order chi connectivity index (χ1) is 15.1. The lowest BCUT2D eigenvalue weighted by molar-refractivity contribution is -0.131. The van der Waals surface area contributed by atoms with Crippen LogP contribution in [0.1, 0.15) is 63.6 Å². The quantitative estimate of drug-likeness (QED) is 0.643. The number of guanidine groups is 1. The Hall–Kier alpha value is -3.15. The molecule has 2 aromatic carbocycles. The number of carbonyl (C=O) groups excluding carboxylic acids is 2. The van der Waals surface area contributed by atoms with E-state index in [2.05, 4.69) is 38.0 Å². The molecular formula is C26H34N4O2. The van der Waals surface area contributed by atoms with Crippen LogP contribution < -0.4 is 11.1 Å². The summed E-state index contributed by atoms with van der Waals surface area (Å²) < 4.78 is 0. The van der Waals surface area contributed by atoms with Crippen molar-refractivity contribution in [1.82, 2.24) is 4.90 Å². The Balaban J connectivity index is 1.57. The van der Waals surface area contributed by atoms with Crippen LogP contribution in [-0.4, -0.2) is 28.2 Å². The van der Waals surface area contributed by atoms with Crippen molar-refractivity contribution in [2.45, 2.75) is 65.5 Å². The maximum atomic E-state index is 12.9. The maximum absolute atomic E-state index is 12.9. The van der Waals surface area contributed by atoms with Crippen molar-refractivity contribution >= 4 is 23.5 Å². The summed E-state index contributed by atoms with van der Waals surface area (Å²) in [6.45, 7) is 10.6. The van der Waals surface area contributed by atoms with Crippen molar-refractivity contribution in [1.29, 1.82) is 0 Å². The second kappa shape index (κ2) is 9.55. The van der Waals surface area contributed by atoms with Crippen LogP contribution in [0.3, 0.4) is 0 Å². The average molecular weight is 435 g/mol.